The Morgan fingerprint density at radius 1 is 1.03 bits per heavy atom. The number of nitrogens with zero attached hydrogens (tertiary/aromatic N) is 1. The van der Waals surface area contributed by atoms with Crippen LogP contribution in [0.15, 0.2) is 65.1 Å². The molecular weight excluding hydrogens is 563 g/mol. The van der Waals surface area contributed by atoms with E-state index in [1.165, 1.54) is 0 Å². The van der Waals surface area contributed by atoms with Gasteiger partial charge >= 0.3 is 5.97 Å². The average molecular weight is 579 g/mol. The smallest absolute Gasteiger partial charge is 0.339 e. The second kappa shape index (κ2) is 10.3. The molecule has 0 saturated carbocycles. The maximum atomic E-state index is 13.0. The molecule has 1 amide bonds. The number of esters is 1. The lowest BCUT2D eigenvalue weighted by molar-refractivity contribution is -0.119. The first-order valence-corrected chi connectivity index (χ1v) is 11.9. The van der Waals surface area contributed by atoms with Crippen LogP contribution in [0.25, 0.3) is 22.2 Å². The van der Waals surface area contributed by atoms with Gasteiger partial charge in [-0.3, -0.25) is 4.79 Å². The van der Waals surface area contributed by atoms with Crippen molar-refractivity contribution in [2.24, 2.45) is 0 Å². The third kappa shape index (κ3) is 5.20. The topological polar surface area (TPSA) is 68.3 Å². The van der Waals surface area contributed by atoms with Crippen molar-refractivity contribution in [3.8, 4) is 11.3 Å². The molecule has 0 atom stereocenters. The van der Waals surface area contributed by atoms with Gasteiger partial charge in [0.2, 0.25) is 0 Å². The van der Waals surface area contributed by atoms with Gasteiger partial charge in [0, 0.05) is 26.1 Å². The molecule has 4 aromatic rings. The Labute approximate surface area is 219 Å². The van der Waals surface area contributed by atoms with Crippen molar-refractivity contribution in [1.29, 1.82) is 0 Å². The number of hydrogen-bond donors (Lipinski definition) is 1. The monoisotopic (exact) mass is 576 g/mol. The number of rotatable bonds is 5. The van der Waals surface area contributed by atoms with Crippen molar-refractivity contribution in [3.63, 3.8) is 0 Å². The van der Waals surface area contributed by atoms with E-state index in [4.69, 9.17) is 39.5 Å². The van der Waals surface area contributed by atoms with Crippen LogP contribution in [0.5, 0.6) is 0 Å². The number of anilines is 1. The minimum Gasteiger partial charge on any atom is -0.452 e. The second-order valence-electron chi connectivity index (χ2n) is 7.35. The summed E-state index contributed by atoms with van der Waals surface area (Å²) in [6, 6.07) is 17.2. The summed E-state index contributed by atoms with van der Waals surface area (Å²) in [5.74, 6) is -1.15. The van der Waals surface area contributed by atoms with E-state index < -0.39 is 18.5 Å². The molecule has 172 valence electrons. The zero-order valence-electron chi connectivity index (χ0n) is 17.7. The van der Waals surface area contributed by atoms with E-state index in [2.05, 4.69) is 26.2 Å². The van der Waals surface area contributed by atoms with Gasteiger partial charge in [-0.05, 0) is 70.9 Å². The number of hydrogen-bond acceptors (Lipinski definition) is 4. The van der Waals surface area contributed by atoms with Crippen molar-refractivity contribution in [2.45, 2.75) is 6.92 Å². The average Bonchev–Trinajstić information content (AvgIpc) is 2.82. The summed E-state index contributed by atoms with van der Waals surface area (Å²) in [6.45, 7) is 1.31. The third-order valence-corrected chi connectivity index (χ3v) is 7.01. The van der Waals surface area contributed by atoms with Gasteiger partial charge in [-0.1, -0.05) is 53.0 Å². The first-order valence-electron chi connectivity index (χ1n) is 10.0. The van der Waals surface area contributed by atoms with E-state index in [0.29, 0.717) is 48.5 Å². The molecule has 0 aliphatic carbocycles. The predicted molar refractivity (Wildman–Crippen MR) is 140 cm³/mol. The van der Waals surface area contributed by atoms with Gasteiger partial charge in [-0.25, -0.2) is 9.78 Å². The van der Waals surface area contributed by atoms with Crippen molar-refractivity contribution in [2.75, 3.05) is 11.9 Å². The van der Waals surface area contributed by atoms with Crippen LogP contribution < -0.4 is 5.32 Å². The summed E-state index contributed by atoms with van der Waals surface area (Å²) < 4.78 is 6.05. The summed E-state index contributed by atoms with van der Waals surface area (Å²) in [5, 5.41) is 4.68. The molecule has 0 aliphatic heterocycles. The second-order valence-corrected chi connectivity index (χ2v) is 9.43. The molecule has 5 nitrogen and oxygen atoms in total. The van der Waals surface area contributed by atoms with E-state index in [1.54, 1.807) is 61.5 Å². The molecule has 0 unspecified atom stereocenters. The number of ether oxygens (including phenoxy) is 1. The van der Waals surface area contributed by atoms with Gasteiger partial charge in [-0.15, -0.1) is 0 Å². The Bertz CT molecular complexity index is 1440. The summed E-state index contributed by atoms with van der Waals surface area (Å²) in [6.07, 6.45) is 0. The molecule has 0 fully saturated rings. The first kappa shape index (κ1) is 24.5. The van der Waals surface area contributed by atoms with Crippen LogP contribution in [-0.4, -0.2) is 23.5 Å². The summed E-state index contributed by atoms with van der Waals surface area (Å²) in [5.41, 5.74) is 3.18. The SMILES string of the molecule is Cc1c(NC(=O)COC(=O)c2cc(-c3ccc(Cl)cc3Cl)nc3ccccc23)ccc(Br)c1Cl. The van der Waals surface area contributed by atoms with Crippen molar-refractivity contribution >= 4 is 79.2 Å². The Hall–Kier alpha value is -2.64. The van der Waals surface area contributed by atoms with E-state index in [0.717, 1.165) is 4.47 Å². The Morgan fingerprint density at radius 2 is 1.79 bits per heavy atom. The van der Waals surface area contributed by atoms with Crippen LogP contribution in [0.4, 0.5) is 5.69 Å². The number of benzene rings is 3. The Balaban J connectivity index is 1.58. The third-order valence-electron chi connectivity index (χ3n) is 5.09. The molecule has 4 rings (SSSR count). The minimum absolute atomic E-state index is 0.266. The maximum Gasteiger partial charge on any atom is 0.339 e. The van der Waals surface area contributed by atoms with Crippen molar-refractivity contribution in [1.82, 2.24) is 4.98 Å². The van der Waals surface area contributed by atoms with Crippen LogP contribution >= 0.6 is 50.7 Å². The number of carbonyl (C=O) groups excluding carboxylic acids is 2. The van der Waals surface area contributed by atoms with Gasteiger partial charge in [0.05, 0.1) is 26.8 Å². The predicted octanol–water partition coefficient (Wildman–Crippen LogP) is 7.73. The Kier molecular flexibility index (Phi) is 7.43. The van der Waals surface area contributed by atoms with Gasteiger partial charge in [0.15, 0.2) is 6.61 Å². The quantitative estimate of drug-likeness (QED) is 0.246. The maximum absolute atomic E-state index is 13.0. The molecular formula is C25H16BrCl3N2O3. The lowest BCUT2D eigenvalue weighted by atomic mass is 10.0. The largest absolute Gasteiger partial charge is 0.452 e. The van der Waals surface area contributed by atoms with Crippen LogP contribution in [0.3, 0.4) is 0 Å². The molecule has 0 aliphatic rings. The number of nitrogens with one attached hydrogen (secondary N) is 1. The van der Waals surface area contributed by atoms with Crippen molar-refractivity contribution < 1.29 is 14.3 Å². The summed E-state index contributed by atoms with van der Waals surface area (Å²) >= 11 is 21.9. The molecule has 1 heterocycles. The zero-order chi connectivity index (χ0) is 24.4. The molecule has 1 aromatic heterocycles. The fraction of sp³-hybridized carbons (Fsp3) is 0.0800. The van der Waals surface area contributed by atoms with E-state index in [-0.39, 0.29) is 5.56 Å². The summed E-state index contributed by atoms with van der Waals surface area (Å²) in [7, 11) is 0. The number of halogens is 4. The summed E-state index contributed by atoms with van der Waals surface area (Å²) in [4.78, 5) is 30.1. The number of aromatic nitrogens is 1. The highest BCUT2D eigenvalue weighted by molar-refractivity contribution is 9.10. The van der Waals surface area contributed by atoms with Gasteiger partial charge < -0.3 is 10.1 Å². The number of para-hydroxylation sites is 1. The standard InChI is InChI=1S/C25H16BrCl3N2O3/c1-13-20(9-8-18(26)24(13)29)31-23(32)12-34-25(33)17-11-22(16-7-6-14(27)10-19(16)28)30-21-5-3-2-4-15(17)21/h2-11H,12H2,1H3,(H,31,32). The highest BCUT2D eigenvalue weighted by atomic mass is 79.9. The number of carbonyl (C=O) groups is 2. The lowest BCUT2D eigenvalue weighted by Crippen LogP contribution is -2.21. The van der Waals surface area contributed by atoms with Crippen LogP contribution in [0.1, 0.15) is 15.9 Å². The molecule has 0 bridgehead atoms. The fourth-order valence-electron chi connectivity index (χ4n) is 3.36. The molecule has 0 radical (unpaired) electrons. The zero-order valence-corrected chi connectivity index (χ0v) is 21.5. The molecule has 0 spiro atoms. The number of fused-ring (bicyclic) bond motifs is 1. The lowest BCUT2D eigenvalue weighted by Gasteiger charge is -2.12. The first-order chi connectivity index (χ1) is 16.2. The molecule has 9 heteroatoms. The van der Waals surface area contributed by atoms with Gasteiger partial charge in [0.25, 0.3) is 5.91 Å². The highest BCUT2D eigenvalue weighted by Crippen LogP contribution is 2.33. The van der Waals surface area contributed by atoms with Crippen LogP contribution in [0.2, 0.25) is 15.1 Å². The van der Waals surface area contributed by atoms with E-state index in [9.17, 15) is 9.59 Å². The number of pyridine rings is 1. The normalized spacial score (nSPS) is 10.9. The number of amides is 1. The Morgan fingerprint density at radius 3 is 2.56 bits per heavy atom. The molecule has 34 heavy (non-hydrogen) atoms. The van der Waals surface area contributed by atoms with E-state index in [1.807, 2.05) is 6.07 Å². The van der Waals surface area contributed by atoms with Gasteiger partial charge in [-0.2, -0.15) is 0 Å². The minimum atomic E-state index is -0.661. The van der Waals surface area contributed by atoms with E-state index >= 15 is 0 Å². The molecule has 1 N–H and O–H groups in total. The van der Waals surface area contributed by atoms with Crippen LogP contribution in [0, 0.1) is 6.92 Å². The fourth-order valence-corrected chi connectivity index (χ4v) is 4.46. The van der Waals surface area contributed by atoms with Gasteiger partial charge in [0.1, 0.15) is 0 Å². The van der Waals surface area contributed by atoms with Crippen molar-refractivity contribution in [3.05, 3.63) is 91.3 Å². The van der Waals surface area contributed by atoms with Crippen LogP contribution in [-0.2, 0) is 9.53 Å². The molecule has 3 aromatic carbocycles. The highest BCUT2D eigenvalue weighted by Gasteiger charge is 2.18. The molecule has 0 saturated heterocycles.